The molecule has 0 saturated carbocycles. The molecule has 2 rings (SSSR count). The maximum absolute atomic E-state index is 5.78. The summed E-state index contributed by atoms with van der Waals surface area (Å²) >= 11 is 0. The maximum atomic E-state index is 5.78. The van der Waals surface area contributed by atoms with Crippen molar-refractivity contribution in [3.63, 3.8) is 0 Å². The van der Waals surface area contributed by atoms with Crippen LogP contribution in [0.3, 0.4) is 0 Å². The van der Waals surface area contributed by atoms with E-state index in [2.05, 4.69) is 34.7 Å². The molecule has 0 amide bonds. The zero-order valence-corrected chi connectivity index (χ0v) is 11.2. The molecule has 0 spiro atoms. The number of hydrogen-bond donors (Lipinski definition) is 1. The topological polar surface area (TPSA) is 56.7 Å². The summed E-state index contributed by atoms with van der Waals surface area (Å²) in [6, 6.07) is 8.41. The molecular formula is C14H20N4. The van der Waals surface area contributed by atoms with Crippen molar-refractivity contribution >= 4 is 5.69 Å². The van der Waals surface area contributed by atoms with Gasteiger partial charge in [0.1, 0.15) is 11.6 Å². The summed E-state index contributed by atoms with van der Waals surface area (Å²) < 4.78 is 2.19. The van der Waals surface area contributed by atoms with E-state index in [1.165, 1.54) is 5.56 Å². The molecular weight excluding hydrogens is 224 g/mol. The zero-order valence-electron chi connectivity index (χ0n) is 11.2. The summed E-state index contributed by atoms with van der Waals surface area (Å²) in [6.45, 7) is 6.30. The Bertz CT molecular complexity index is 528. The van der Waals surface area contributed by atoms with Crippen LogP contribution in [-0.2, 0) is 12.8 Å². The van der Waals surface area contributed by atoms with Crippen molar-refractivity contribution in [3.05, 3.63) is 41.5 Å². The average Bonchev–Trinajstić information content (AvgIpc) is 2.68. The van der Waals surface area contributed by atoms with Gasteiger partial charge in [0.2, 0.25) is 0 Å². The Morgan fingerprint density at radius 2 is 2.00 bits per heavy atom. The van der Waals surface area contributed by atoms with Crippen molar-refractivity contribution in [1.82, 2.24) is 14.8 Å². The van der Waals surface area contributed by atoms with Crippen molar-refractivity contribution in [2.24, 2.45) is 0 Å². The molecule has 4 nitrogen and oxygen atoms in total. The van der Waals surface area contributed by atoms with Crippen LogP contribution in [-0.4, -0.2) is 14.8 Å². The first-order valence-electron chi connectivity index (χ1n) is 6.32. The molecule has 0 radical (unpaired) electrons. The van der Waals surface area contributed by atoms with Crippen LogP contribution in [0.15, 0.2) is 24.3 Å². The largest absolute Gasteiger partial charge is 0.399 e. The summed E-state index contributed by atoms with van der Waals surface area (Å²) in [5.41, 5.74) is 7.83. The lowest BCUT2D eigenvalue weighted by Crippen LogP contribution is -2.09. The highest BCUT2D eigenvalue weighted by atomic mass is 15.3. The summed E-state index contributed by atoms with van der Waals surface area (Å²) in [4.78, 5) is 0. The molecule has 1 aromatic carbocycles. The predicted octanol–water partition coefficient (Wildman–Crippen LogP) is 2.53. The fourth-order valence-corrected chi connectivity index (χ4v) is 2.26. The van der Waals surface area contributed by atoms with Gasteiger partial charge in [-0.15, -0.1) is 10.2 Å². The number of anilines is 1. The molecule has 0 aliphatic carbocycles. The monoisotopic (exact) mass is 244 g/mol. The second-order valence-electron chi connectivity index (χ2n) is 4.87. The van der Waals surface area contributed by atoms with Gasteiger partial charge in [-0.1, -0.05) is 12.1 Å². The van der Waals surface area contributed by atoms with Gasteiger partial charge in [0.15, 0.2) is 0 Å². The number of nitrogens with zero attached hydrogens (tertiary/aromatic N) is 3. The first kappa shape index (κ1) is 12.6. The van der Waals surface area contributed by atoms with E-state index in [0.29, 0.717) is 6.04 Å². The molecule has 1 aromatic heterocycles. The molecule has 0 aliphatic rings. The van der Waals surface area contributed by atoms with Crippen molar-refractivity contribution in [1.29, 1.82) is 0 Å². The Labute approximate surface area is 108 Å². The molecule has 0 atom stereocenters. The SMILES string of the molecule is Cc1nnc(CCc2cccc(N)c2)n1C(C)C. The smallest absolute Gasteiger partial charge is 0.133 e. The molecule has 0 unspecified atom stereocenters. The molecule has 0 bridgehead atoms. The van der Waals surface area contributed by atoms with E-state index >= 15 is 0 Å². The molecule has 0 aliphatic heterocycles. The normalized spacial score (nSPS) is 11.1. The van der Waals surface area contributed by atoms with Gasteiger partial charge in [-0.05, 0) is 44.9 Å². The Kier molecular flexibility index (Phi) is 3.65. The zero-order chi connectivity index (χ0) is 13.1. The average molecular weight is 244 g/mol. The van der Waals surface area contributed by atoms with E-state index in [-0.39, 0.29) is 0 Å². The van der Waals surface area contributed by atoms with Crippen molar-refractivity contribution in [2.75, 3.05) is 5.73 Å². The second-order valence-corrected chi connectivity index (χ2v) is 4.87. The minimum atomic E-state index is 0.399. The quantitative estimate of drug-likeness (QED) is 0.841. The third-order valence-electron chi connectivity index (χ3n) is 3.04. The summed E-state index contributed by atoms with van der Waals surface area (Å²) in [7, 11) is 0. The third-order valence-corrected chi connectivity index (χ3v) is 3.04. The Morgan fingerprint density at radius 3 is 2.67 bits per heavy atom. The molecule has 96 valence electrons. The standard InChI is InChI=1S/C14H20N4/c1-10(2)18-11(3)16-17-14(18)8-7-12-5-4-6-13(15)9-12/h4-6,9-10H,7-8,15H2,1-3H3. The van der Waals surface area contributed by atoms with Crippen molar-refractivity contribution < 1.29 is 0 Å². The van der Waals surface area contributed by atoms with Crippen LogP contribution >= 0.6 is 0 Å². The van der Waals surface area contributed by atoms with Crippen LogP contribution in [0, 0.1) is 6.92 Å². The van der Waals surface area contributed by atoms with Gasteiger partial charge in [0.25, 0.3) is 0 Å². The van der Waals surface area contributed by atoms with E-state index < -0.39 is 0 Å². The van der Waals surface area contributed by atoms with Gasteiger partial charge in [0.05, 0.1) is 0 Å². The maximum Gasteiger partial charge on any atom is 0.133 e. The molecule has 2 N–H and O–H groups in total. The van der Waals surface area contributed by atoms with E-state index in [9.17, 15) is 0 Å². The van der Waals surface area contributed by atoms with E-state index in [1.807, 2.05) is 25.1 Å². The minimum absolute atomic E-state index is 0.399. The summed E-state index contributed by atoms with van der Waals surface area (Å²) in [6.07, 6.45) is 1.83. The molecule has 1 heterocycles. The van der Waals surface area contributed by atoms with E-state index in [1.54, 1.807) is 0 Å². The highest BCUT2D eigenvalue weighted by Crippen LogP contribution is 2.14. The highest BCUT2D eigenvalue weighted by Gasteiger charge is 2.11. The number of nitrogens with two attached hydrogens (primary N) is 1. The number of aromatic nitrogens is 3. The molecule has 0 fully saturated rings. The lowest BCUT2D eigenvalue weighted by molar-refractivity contribution is 0.552. The Morgan fingerprint density at radius 1 is 1.22 bits per heavy atom. The summed E-state index contributed by atoms with van der Waals surface area (Å²) in [5.74, 6) is 2.03. The van der Waals surface area contributed by atoms with E-state index in [4.69, 9.17) is 5.73 Å². The van der Waals surface area contributed by atoms with Crippen LogP contribution in [0.4, 0.5) is 5.69 Å². The molecule has 0 saturated heterocycles. The molecule has 18 heavy (non-hydrogen) atoms. The van der Waals surface area contributed by atoms with Crippen molar-refractivity contribution in [2.45, 2.75) is 39.7 Å². The van der Waals surface area contributed by atoms with Crippen LogP contribution < -0.4 is 5.73 Å². The highest BCUT2D eigenvalue weighted by molar-refractivity contribution is 5.40. The van der Waals surface area contributed by atoms with Gasteiger partial charge in [-0.25, -0.2) is 0 Å². The van der Waals surface area contributed by atoms with Gasteiger partial charge in [-0.3, -0.25) is 0 Å². The van der Waals surface area contributed by atoms with Crippen LogP contribution in [0.1, 0.15) is 37.1 Å². The van der Waals surface area contributed by atoms with Crippen LogP contribution in [0.5, 0.6) is 0 Å². The van der Waals surface area contributed by atoms with Crippen LogP contribution in [0.2, 0.25) is 0 Å². The predicted molar refractivity (Wildman–Crippen MR) is 73.4 cm³/mol. The Balaban J connectivity index is 2.11. The lowest BCUT2D eigenvalue weighted by atomic mass is 10.1. The number of benzene rings is 1. The van der Waals surface area contributed by atoms with Crippen LogP contribution in [0.25, 0.3) is 0 Å². The minimum Gasteiger partial charge on any atom is -0.399 e. The second kappa shape index (κ2) is 5.21. The number of hydrogen-bond acceptors (Lipinski definition) is 3. The number of rotatable bonds is 4. The Hall–Kier alpha value is -1.84. The van der Waals surface area contributed by atoms with Gasteiger partial charge in [0, 0.05) is 18.2 Å². The number of aryl methyl sites for hydroxylation is 3. The lowest BCUT2D eigenvalue weighted by Gasteiger charge is -2.12. The first-order valence-corrected chi connectivity index (χ1v) is 6.32. The number of nitrogen functional groups attached to an aromatic ring is 1. The van der Waals surface area contributed by atoms with Crippen molar-refractivity contribution in [3.8, 4) is 0 Å². The van der Waals surface area contributed by atoms with Gasteiger partial charge < -0.3 is 10.3 Å². The third kappa shape index (κ3) is 2.70. The summed E-state index contributed by atoms with van der Waals surface area (Å²) in [5, 5.41) is 8.41. The van der Waals surface area contributed by atoms with Gasteiger partial charge >= 0.3 is 0 Å². The molecule has 2 aromatic rings. The first-order chi connectivity index (χ1) is 8.58. The van der Waals surface area contributed by atoms with Gasteiger partial charge in [-0.2, -0.15) is 0 Å². The fourth-order valence-electron chi connectivity index (χ4n) is 2.26. The molecule has 4 heteroatoms. The fraction of sp³-hybridized carbons (Fsp3) is 0.429. The van der Waals surface area contributed by atoms with E-state index in [0.717, 1.165) is 30.2 Å².